The number of thioether (sulfide) groups is 1. The average molecular weight is 245 g/mol. The van der Waals surface area contributed by atoms with E-state index in [0.717, 1.165) is 19.4 Å². The zero-order valence-electron chi connectivity index (χ0n) is 10.5. The Balaban J connectivity index is 2.39. The molecule has 0 spiro atoms. The van der Waals surface area contributed by atoms with Gasteiger partial charge in [-0.25, -0.2) is 0 Å². The third kappa shape index (κ3) is 4.74. The predicted molar refractivity (Wildman–Crippen MR) is 68.6 cm³/mol. The number of carbonyl (C=O) groups excluding carboxylic acids is 1. The molecule has 0 aromatic heterocycles. The van der Waals surface area contributed by atoms with E-state index in [1.54, 1.807) is 11.8 Å². The number of likely N-dealkylation sites (tertiary alicyclic amines) is 1. The summed E-state index contributed by atoms with van der Waals surface area (Å²) in [6.45, 7) is 7.57. The topological polar surface area (TPSA) is 40.5 Å². The molecule has 3 nitrogen and oxygen atoms in total. The molecule has 0 saturated carbocycles. The monoisotopic (exact) mass is 245 g/mol. The summed E-state index contributed by atoms with van der Waals surface area (Å²) < 4.78 is 0. The molecule has 0 aromatic carbocycles. The minimum absolute atomic E-state index is 0.219. The highest BCUT2D eigenvalue weighted by Crippen LogP contribution is 2.22. The number of hydrogen-bond acceptors (Lipinski definition) is 3. The van der Waals surface area contributed by atoms with Crippen LogP contribution in [0.25, 0.3) is 0 Å². The number of nitrogens with zero attached hydrogens (tertiary/aromatic N) is 1. The number of rotatable bonds is 3. The number of hydrogen-bond donors (Lipinski definition) is 1. The van der Waals surface area contributed by atoms with Crippen molar-refractivity contribution in [1.82, 2.24) is 4.90 Å². The van der Waals surface area contributed by atoms with Crippen LogP contribution >= 0.6 is 11.8 Å². The first-order valence-corrected chi connectivity index (χ1v) is 7.07. The maximum Gasteiger partial charge on any atom is 0.232 e. The SMILES string of the molecule is CC(C)SCC(=O)N1CCCC(C)(O)CC1. The largest absolute Gasteiger partial charge is 0.390 e. The van der Waals surface area contributed by atoms with Gasteiger partial charge in [0.15, 0.2) is 0 Å². The summed E-state index contributed by atoms with van der Waals surface area (Å²) in [4.78, 5) is 13.8. The maximum absolute atomic E-state index is 11.9. The van der Waals surface area contributed by atoms with E-state index in [1.165, 1.54) is 0 Å². The summed E-state index contributed by atoms with van der Waals surface area (Å²) in [7, 11) is 0. The van der Waals surface area contributed by atoms with E-state index >= 15 is 0 Å². The standard InChI is InChI=1S/C12H23NO2S/c1-10(2)16-9-11(14)13-7-4-5-12(3,15)6-8-13/h10,15H,4-9H2,1-3H3. The Morgan fingerprint density at radius 2 is 2.12 bits per heavy atom. The number of amides is 1. The Morgan fingerprint density at radius 3 is 2.75 bits per heavy atom. The van der Waals surface area contributed by atoms with Crippen molar-refractivity contribution in [3.63, 3.8) is 0 Å². The van der Waals surface area contributed by atoms with Crippen molar-refractivity contribution in [1.29, 1.82) is 0 Å². The highest BCUT2D eigenvalue weighted by Gasteiger charge is 2.26. The van der Waals surface area contributed by atoms with E-state index in [4.69, 9.17) is 0 Å². The Labute approximate surface area is 103 Å². The summed E-state index contributed by atoms with van der Waals surface area (Å²) in [5, 5.41) is 10.4. The fourth-order valence-corrected chi connectivity index (χ4v) is 2.50. The van der Waals surface area contributed by atoms with Gasteiger partial charge in [0.1, 0.15) is 0 Å². The first kappa shape index (κ1) is 13.8. The van der Waals surface area contributed by atoms with E-state index < -0.39 is 5.60 Å². The van der Waals surface area contributed by atoms with Crippen LogP contribution in [0, 0.1) is 0 Å². The fourth-order valence-electron chi connectivity index (χ4n) is 1.84. The fraction of sp³-hybridized carbons (Fsp3) is 0.917. The lowest BCUT2D eigenvalue weighted by Gasteiger charge is -2.22. The lowest BCUT2D eigenvalue weighted by Crippen LogP contribution is -2.34. The second-order valence-electron chi connectivity index (χ2n) is 5.09. The van der Waals surface area contributed by atoms with Crippen LogP contribution in [0.3, 0.4) is 0 Å². The van der Waals surface area contributed by atoms with Gasteiger partial charge in [-0.2, -0.15) is 0 Å². The zero-order chi connectivity index (χ0) is 12.2. The van der Waals surface area contributed by atoms with Crippen molar-refractivity contribution >= 4 is 17.7 Å². The average Bonchev–Trinajstić information content (AvgIpc) is 2.35. The second-order valence-corrected chi connectivity index (χ2v) is 6.66. The molecule has 1 heterocycles. The van der Waals surface area contributed by atoms with Crippen LogP contribution in [-0.4, -0.2) is 45.6 Å². The summed E-state index contributed by atoms with van der Waals surface area (Å²) in [6, 6.07) is 0. The first-order valence-electron chi connectivity index (χ1n) is 6.02. The summed E-state index contributed by atoms with van der Waals surface area (Å²) >= 11 is 1.69. The minimum atomic E-state index is -0.583. The van der Waals surface area contributed by atoms with Crippen molar-refractivity contribution in [3.05, 3.63) is 0 Å². The molecule has 1 fully saturated rings. The van der Waals surface area contributed by atoms with Gasteiger partial charge in [0.2, 0.25) is 5.91 Å². The third-order valence-corrected chi connectivity index (χ3v) is 4.04. The highest BCUT2D eigenvalue weighted by molar-refractivity contribution is 8.00. The van der Waals surface area contributed by atoms with Gasteiger partial charge in [0, 0.05) is 13.1 Å². The van der Waals surface area contributed by atoms with Crippen molar-refractivity contribution in [2.45, 2.75) is 50.9 Å². The van der Waals surface area contributed by atoms with Crippen molar-refractivity contribution in [3.8, 4) is 0 Å². The molecular formula is C12H23NO2S. The lowest BCUT2D eigenvalue weighted by molar-refractivity contribution is -0.128. The van der Waals surface area contributed by atoms with Crippen molar-refractivity contribution in [2.75, 3.05) is 18.8 Å². The van der Waals surface area contributed by atoms with Crippen molar-refractivity contribution < 1.29 is 9.90 Å². The molecule has 1 saturated heterocycles. The Morgan fingerprint density at radius 1 is 1.44 bits per heavy atom. The molecule has 0 radical (unpaired) electrons. The van der Waals surface area contributed by atoms with Crippen LogP contribution < -0.4 is 0 Å². The van der Waals surface area contributed by atoms with E-state index in [9.17, 15) is 9.90 Å². The minimum Gasteiger partial charge on any atom is -0.390 e. The molecule has 0 bridgehead atoms. The number of carbonyl (C=O) groups is 1. The summed E-state index contributed by atoms with van der Waals surface area (Å²) in [5.41, 5.74) is -0.583. The Hall–Kier alpha value is -0.220. The molecule has 4 heteroatoms. The molecule has 1 rings (SSSR count). The van der Waals surface area contributed by atoms with Gasteiger partial charge in [-0.1, -0.05) is 13.8 Å². The predicted octanol–water partition coefficient (Wildman–Crippen LogP) is 1.89. The van der Waals surface area contributed by atoms with Gasteiger partial charge < -0.3 is 10.0 Å². The molecule has 0 aromatic rings. The van der Waals surface area contributed by atoms with Gasteiger partial charge in [0.05, 0.1) is 11.4 Å². The summed E-state index contributed by atoms with van der Waals surface area (Å²) in [5.74, 6) is 0.788. The molecule has 1 amide bonds. The van der Waals surface area contributed by atoms with Crippen LogP contribution in [0.15, 0.2) is 0 Å². The van der Waals surface area contributed by atoms with Crippen LogP contribution in [0.4, 0.5) is 0 Å². The third-order valence-electron chi connectivity index (χ3n) is 2.96. The van der Waals surface area contributed by atoms with Crippen molar-refractivity contribution in [2.24, 2.45) is 0 Å². The maximum atomic E-state index is 11.9. The molecular weight excluding hydrogens is 222 g/mol. The van der Waals surface area contributed by atoms with Crippen LogP contribution in [0.1, 0.15) is 40.0 Å². The molecule has 0 aliphatic carbocycles. The Bertz CT molecular complexity index is 241. The van der Waals surface area contributed by atoms with Gasteiger partial charge >= 0.3 is 0 Å². The first-order chi connectivity index (χ1) is 7.41. The molecule has 16 heavy (non-hydrogen) atoms. The van der Waals surface area contributed by atoms with E-state index in [0.29, 0.717) is 24.0 Å². The Kier molecular flexibility index (Phi) is 5.12. The van der Waals surface area contributed by atoms with Gasteiger partial charge in [0.25, 0.3) is 0 Å². The molecule has 1 unspecified atom stereocenters. The molecule has 94 valence electrons. The molecule has 1 N–H and O–H groups in total. The molecule has 1 aliphatic rings. The van der Waals surface area contributed by atoms with Gasteiger partial charge in [-0.05, 0) is 31.4 Å². The molecule has 1 atom stereocenters. The molecule has 1 aliphatic heterocycles. The zero-order valence-corrected chi connectivity index (χ0v) is 11.3. The van der Waals surface area contributed by atoms with Crippen LogP contribution in [0.5, 0.6) is 0 Å². The van der Waals surface area contributed by atoms with Crippen LogP contribution in [-0.2, 0) is 4.79 Å². The normalized spacial score (nSPS) is 26.9. The van der Waals surface area contributed by atoms with E-state index in [-0.39, 0.29) is 5.91 Å². The lowest BCUT2D eigenvalue weighted by atomic mass is 9.98. The van der Waals surface area contributed by atoms with E-state index in [2.05, 4.69) is 13.8 Å². The smallest absolute Gasteiger partial charge is 0.232 e. The van der Waals surface area contributed by atoms with Gasteiger partial charge in [-0.15, -0.1) is 11.8 Å². The van der Waals surface area contributed by atoms with Gasteiger partial charge in [-0.3, -0.25) is 4.79 Å². The van der Waals surface area contributed by atoms with E-state index in [1.807, 2.05) is 11.8 Å². The highest BCUT2D eigenvalue weighted by atomic mass is 32.2. The summed E-state index contributed by atoms with van der Waals surface area (Å²) in [6.07, 6.45) is 2.41. The second kappa shape index (κ2) is 5.92. The number of aliphatic hydroxyl groups is 1. The quantitative estimate of drug-likeness (QED) is 0.825. The van der Waals surface area contributed by atoms with Crippen LogP contribution in [0.2, 0.25) is 0 Å².